The van der Waals surface area contributed by atoms with Crippen LogP contribution in [0.4, 0.5) is 0 Å². The normalized spacial score (nSPS) is 18.2. The summed E-state index contributed by atoms with van der Waals surface area (Å²) >= 11 is 1.59. The predicted octanol–water partition coefficient (Wildman–Crippen LogP) is 1.59. The zero-order valence-corrected chi connectivity index (χ0v) is 17.1. The molecule has 0 bridgehead atoms. The number of hydrogen-bond acceptors (Lipinski definition) is 5. The van der Waals surface area contributed by atoms with Crippen molar-refractivity contribution < 1.29 is 13.2 Å². The second-order valence-corrected chi connectivity index (χ2v) is 9.75. The van der Waals surface area contributed by atoms with Gasteiger partial charge in [0, 0.05) is 6.54 Å². The van der Waals surface area contributed by atoms with Gasteiger partial charge in [-0.2, -0.15) is 16.5 Å². The van der Waals surface area contributed by atoms with Crippen molar-refractivity contribution in [2.45, 2.75) is 37.1 Å². The van der Waals surface area contributed by atoms with Crippen molar-refractivity contribution in [3.05, 3.63) is 30.3 Å². The zero-order chi connectivity index (χ0) is 19.0. The summed E-state index contributed by atoms with van der Waals surface area (Å²) in [5, 5.41) is 6.29. The van der Waals surface area contributed by atoms with Gasteiger partial charge in [-0.15, -0.1) is 0 Å². The third kappa shape index (κ3) is 6.26. The molecule has 1 saturated heterocycles. The first-order valence-electron chi connectivity index (χ1n) is 8.91. The van der Waals surface area contributed by atoms with E-state index in [2.05, 4.69) is 22.3 Å². The van der Waals surface area contributed by atoms with Crippen LogP contribution < -0.4 is 15.4 Å². The molecular weight excluding hydrogens is 370 g/mol. The van der Waals surface area contributed by atoms with Crippen molar-refractivity contribution in [3.8, 4) is 0 Å². The van der Waals surface area contributed by atoms with Crippen LogP contribution in [0.15, 0.2) is 35.2 Å². The monoisotopic (exact) mass is 399 g/mol. The van der Waals surface area contributed by atoms with Gasteiger partial charge >= 0.3 is 0 Å². The lowest BCUT2D eigenvalue weighted by Gasteiger charge is -2.34. The molecule has 0 spiro atoms. The van der Waals surface area contributed by atoms with Gasteiger partial charge in [0.05, 0.1) is 4.90 Å². The second-order valence-electron chi connectivity index (χ2n) is 7.05. The minimum Gasteiger partial charge on any atom is -0.354 e. The molecule has 26 heavy (non-hydrogen) atoms. The van der Waals surface area contributed by atoms with Gasteiger partial charge in [0.2, 0.25) is 15.9 Å². The van der Waals surface area contributed by atoms with Crippen LogP contribution in [0.25, 0.3) is 0 Å². The summed E-state index contributed by atoms with van der Waals surface area (Å²) in [7, 11) is -3.72. The summed E-state index contributed by atoms with van der Waals surface area (Å²) in [5.41, 5.74) is 0.0588. The van der Waals surface area contributed by atoms with E-state index in [1.807, 2.05) is 6.26 Å². The molecule has 0 saturated carbocycles. The third-order valence-corrected chi connectivity index (χ3v) is 6.91. The van der Waals surface area contributed by atoms with E-state index in [0.717, 1.165) is 25.9 Å². The maximum absolute atomic E-state index is 12.7. The zero-order valence-electron chi connectivity index (χ0n) is 15.5. The van der Waals surface area contributed by atoms with Gasteiger partial charge < -0.3 is 10.6 Å². The molecule has 1 aliphatic rings. The lowest BCUT2D eigenvalue weighted by molar-refractivity contribution is -0.123. The van der Waals surface area contributed by atoms with Crippen LogP contribution in [0.3, 0.4) is 0 Å². The first-order valence-corrected chi connectivity index (χ1v) is 11.8. The fourth-order valence-electron chi connectivity index (χ4n) is 2.97. The lowest BCUT2D eigenvalue weighted by atomic mass is 9.81. The number of piperidine rings is 1. The van der Waals surface area contributed by atoms with Gasteiger partial charge in [0.25, 0.3) is 0 Å². The summed E-state index contributed by atoms with van der Waals surface area (Å²) in [4.78, 5) is 12.9. The number of nitrogens with one attached hydrogen (secondary N) is 3. The molecule has 1 atom stereocenters. The molecule has 1 amide bonds. The van der Waals surface area contributed by atoms with Crippen molar-refractivity contribution in [1.82, 2.24) is 15.4 Å². The maximum Gasteiger partial charge on any atom is 0.241 e. The van der Waals surface area contributed by atoms with E-state index in [-0.39, 0.29) is 16.2 Å². The SMILES string of the molecule is CSCCC(NS(=O)(=O)c1ccccc1)C(=O)NCC1(C)CCNCC1. The van der Waals surface area contributed by atoms with Crippen molar-refractivity contribution >= 4 is 27.7 Å². The van der Waals surface area contributed by atoms with Crippen molar-refractivity contribution in [3.63, 3.8) is 0 Å². The Morgan fingerprint density at radius 3 is 2.54 bits per heavy atom. The van der Waals surface area contributed by atoms with E-state index < -0.39 is 16.1 Å². The van der Waals surface area contributed by atoms with E-state index >= 15 is 0 Å². The first kappa shape index (κ1) is 21.2. The Labute approximate surface area is 160 Å². The molecule has 1 heterocycles. The van der Waals surface area contributed by atoms with Crippen molar-refractivity contribution in [2.75, 3.05) is 31.6 Å². The Morgan fingerprint density at radius 2 is 1.92 bits per heavy atom. The van der Waals surface area contributed by atoms with Crippen LogP contribution in [0, 0.1) is 5.41 Å². The fourth-order valence-corrected chi connectivity index (χ4v) is 4.69. The van der Waals surface area contributed by atoms with Gasteiger partial charge in [0.1, 0.15) is 6.04 Å². The second kappa shape index (κ2) is 9.73. The van der Waals surface area contributed by atoms with Gasteiger partial charge in [-0.05, 0) is 61.9 Å². The van der Waals surface area contributed by atoms with Crippen molar-refractivity contribution in [1.29, 1.82) is 0 Å². The highest BCUT2D eigenvalue weighted by molar-refractivity contribution is 7.98. The quantitative estimate of drug-likeness (QED) is 0.587. The number of thioether (sulfide) groups is 1. The molecule has 1 aromatic rings. The topological polar surface area (TPSA) is 87.3 Å². The van der Waals surface area contributed by atoms with Crippen molar-refractivity contribution in [2.24, 2.45) is 5.41 Å². The first-order chi connectivity index (χ1) is 12.4. The number of carbonyl (C=O) groups is 1. The third-order valence-electron chi connectivity index (χ3n) is 4.78. The van der Waals surface area contributed by atoms with Crippen LogP contribution in [0.1, 0.15) is 26.2 Å². The Bertz CT molecular complexity index is 674. The van der Waals surface area contributed by atoms with Crippen LogP contribution in [-0.4, -0.2) is 52.0 Å². The molecule has 1 aromatic carbocycles. The Hall–Kier alpha value is -1.09. The number of carbonyl (C=O) groups excluding carboxylic acids is 1. The summed E-state index contributed by atoms with van der Waals surface area (Å²) in [6, 6.07) is 7.39. The van der Waals surface area contributed by atoms with Crippen LogP contribution in [-0.2, 0) is 14.8 Å². The van der Waals surface area contributed by atoms with Gasteiger partial charge in [0.15, 0.2) is 0 Å². The number of hydrogen-bond donors (Lipinski definition) is 3. The minimum atomic E-state index is -3.72. The molecule has 146 valence electrons. The van der Waals surface area contributed by atoms with E-state index in [9.17, 15) is 13.2 Å². The van der Waals surface area contributed by atoms with E-state index in [4.69, 9.17) is 0 Å². The highest BCUT2D eigenvalue weighted by atomic mass is 32.2. The fraction of sp³-hybridized carbons (Fsp3) is 0.611. The average Bonchev–Trinajstić information content (AvgIpc) is 2.64. The number of benzene rings is 1. The van der Waals surface area contributed by atoms with Crippen LogP contribution in [0.5, 0.6) is 0 Å². The standard InChI is InChI=1S/C18H29N3O3S2/c1-18(9-11-19-12-10-18)14-20-17(22)16(8-13-25-2)21-26(23,24)15-6-4-3-5-7-15/h3-7,16,19,21H,8-14H2,1-2H3,(H,20,22). The molecule has 1 fully saturated rings. The number of rotatable bonds is 9. The summed E-state index contributed by atoms with van der Waals surface area (Å²) in [6.07, 6.45) is 4.39. The Morgan fingerprint density at radius 1 is 1.27 bits per heavy atom. The molecule has 6 nitrogen and oxygen atoms in total. The molecule has 0 radical (unpaired) electrons. The molecule has 1 unspecified atom stereocenters. The van der Waals surface area contributed by atoms with E-state index in [1.54, 1.807) is 30.0 Å². The molecule has 8 heteroatoms. The predicted molar refractivity (Wildman–Crippen MR) is 107 cm³/mol. The molecular formula is C18H29N3O3S2. The number of sulfonamides is 1. The Balaban J connectivity index is 2.02. The molecule has 1 aliphatic heterocycles. The molecule has 3 N–H and O–H groups in total. The molecule has 2 rings (SSSR count). The Kier molecular flexibility index (Phi) is 7.94. The summed E-state index contributed by atoms with van der Waals surface area (Å²) in [6.45, 7) is 4.63. The summed E-state index contributed by atoms with van der Waals surface area (Å²) < 4.78 is 27.7. The van der Waals surface area contributed by atoms with Crippen LogP contribution in [0.2, 0.25) is 0 Å². The minimum absolute atomic E-state index is 0.0588. The molecule has 0 aliphatic carbocycles. The average molecular weight is 400 g/mol. The highest BCUT2D eigenvalue weighted by Gasteiger charge is 2.30. The molecule has 0 aromatic heterocycles. The largest absolute Gasteiger partial charge is 0.354 e. The van der Waals surface area contributed by atoms with Gasteiger partial charge in [-0.1, -0.05) is 25.1 Å². The highest BCUT2D eigenvalue weighted by Crippen LogP contribution is 2.26. The lowest BCUT2D eigenvalue weighted by Crippen LogP contribution is -2.50. The summed E-state index contributed by atoms with van der Waals surface area (Å²) in [5.74, 6) is 0.453. The number of amides is 1. The van der Waals surface area contributed by atoms with E-state index in [0.29, 0.717) is 18.7 Å². The smallest absolute Gasteiger partial charge is 0.241 e. The van der Waals surface area contributed by atoms with Gasteiger partial charge in [-0.3, -0.25) is 4.79 Å². The maximum atomic E-state index is 12.7. The van der Waals surface area contributed by atoms with Crippen LogP contribution >= 0.6 is 11.8 Å². The van der Waals surface area contributed by atoms with Gasteiger partial charge in [-0.25, -0.2) is 8.42 Å². The van der Waals surface area contributed by atoms with E-state index in [1.165, 1.54) is 12.1 Å².